The van der Waals surface area contributed by atoms with Gasteiger partial charge in [-0.1, -0.05) is 31.9 Å². The Morgan fingerprint density at radius 3 is 2.53 bits per heavy atom. The number of unbranched alkanes of at least 4 members (excludes halogenated alkanes) is 2. The Balaban J connectivity index is 2.36. The number of benzene rings is 1. The molecule has 0 saturated heterocycles. The van der Waals surface area contributed by atoms with E-state index in [1.165, 1.54) is 24.8 Å². The zero-order chi connectivity index (χ0) is 14.1. The molecule has 3 heteroatoms. The largest absolute Gasteiger partial charge is 0.481 e. The number of rotatable bonds is 9. The van der Waals surface area contributed by atoms with Crippen molar-refractivity contribution < 1.29 is 9.90 Å². The zero-order valence-corrected chi connectivity index (χ0v) is 12.0. The molecule has 19 heavy (non-hydrogen) atoms. The monoisotopic (exact) mass is 263 g/mol. The van der Waals surface area contributed by atoms with E-state index in [4.69, 9.17) is 5.11 Å². The topological polar surface area (TPSA) is 49.3 Å². The van der Waals surface area contributed by atoms with E-state index in [1.54, 1.807) is 0 Å². The average molecular weight is 263 g/mol. The van der Waals surface area contributed by atoms with Crippen molar-refractivity contribution in [2.75, 3.05) is 5.32 Å². The van der Waals surface area contributed by atoms with E-state index >= 15 is 0 Å². The van der Waals surface area contributed by atoms with E-state index in [1.807, 2.05) is 6.92 Å². The first-order valence-electron chi connectivity index (χ1n) is 7.19. The number of nitrogens with one attached hydrogen (secondary N) is 1. The highest BCUT2D eigenvalue weighted by Gasteiger charge is 2.05. The fourth-order valence-electron chi connectivity index (χ4n) is 2.04. The highest BCUT2D eigenvalue weighted by atomic mass is 16.4. The summed E-state index contributed by atoms with van der Waals surface area (Å²) in [5.74, 6) is -0.736. The number of carboxylic acid groups (broad SMARTS) is 1. The van der Waals surface area contributed by atoms with E-state index in [-0.39, 0.29) is 12.5 Å². The van der Waals surface area contributed by atoms with Crippen LogP contribution in [0.4, 0.5) is 5.69 Å². The van der Waals surface area contributed by atoms with E-state index < -0.39 is 5.97 Å². The summed E-state index contributed by atoms with van der Waals surface area (Å²) in [4.78, 5) is 10.5. The molecule has 3 nitrogen and oxygen atoms in total. The first-order valence-corrected chi connectivity index (χ1v) is 7.19. The van der Waals surface area contributed by atoms with Gasteiger partial charge in [0.1, 0.15) is 0 Å². The van der Waals surface area contributed by atoms with Crippen molar-refractivity contribution in [1.29, 1.82) is 0 Å². The van der Waals surface area contributed by atoms with Gasteiger partial charge < -0.3 is 10.4 Å². The van der Waals surface area contributed by atoms with Crippen molar-refractivity contribution in [1.82, 2.24) is 0 Å². The third kappa shape index (κ3) is 6.85. The molecule has 0 heterocycles. The number of carbonyl (C=O) groups is 1. The first-order chi connectivity index (χ1) is 9.11. The van der Waals surface area contributed by atoms with Crippen LogP contribution in [0.1, 0.15) is 51.5 Å². The van der Waals surface area contributed by atoms with Crippen LogP contribution in [0.5, 0.6) is 0 Å². The summed E-state index contributed by atoms with van der Waals surface area (Å²) in [7, 11) is 0. The summed E-state index contributed by atoms with van der Waals surface area (Å²) in [6.07, 6.45) is 5.78. The molecule has 1 rings (SSSR count). The quantitative estimate of drug-likeness (QED) is 0.660. The third-order valence-corrected chi connectivity index (χ3v) is 3.23. The first kappa shape index (κ1) is 15.5. The molecule has 0 aliphatic carbocycles. The Labute approximate surface area is 116 Å². The minimum Gasteiger partial charge on any atom is -0.481 e. The van der Waals surface area contributed by atoms with Gasteiger partial charge in [0.15, 0.2) is 0 Å². The Morgan fingerprint density at radius 2 is 1.95 bits per heavy atom. The molecule has 0 bridgehead atoms. The molecule has 0 aliphatic rings. The lowest BCUT2D eigenvalue weighted by Crippen LogP contribution is -2.16. The second kappa shape index (κ2) is 8.57. The van der Waals surface area contributed by atoms with Crippen LogP contribution >= 0.6 is 0 Å². The average Bonchev–Trinajstić information content (AvgIpc) is 2.39. The van der Waals surface area contributed by atoms with Gasteiger partial charge in [-0.2, -0.15) is 0 Å². The third-order valence-electron chi connectivity index (χ3n) is 3.23. The SMILES string of the molecule is CCCCCc1ccc(NC(C)CCC(=O)O)cc1. The maximum atomic E-state index is 10.5. The Kier molecular flexibility index (Phi) is 7.01. The van der Waals surface area contributed by atoms with E-state index in [0.717, 1.165) is 12.1 Å². The van der Waals surface area contributed by atoms with Crippen LogP contribution in [-0.2, 0) is 11.2 Å². The predicted octanol–water partition coefficient (Wildman–Crippen LogP) is 4.08. The number of anilines is 1. The van der Waals surface area contributed by atoms with Gasteiger partial charge in [0.25, 0.3) is 0 Å². The Bertz CT molecular complexity index is 373. The number of aryl methyl sites for hydroxylation is 1. The number of hydrogen-bond donors (Lipinski definition) is 2. The van der Waals surface area contributed by atoms with Crippen molar-refractivity contribution in [2.24, 2.45) is 0 Å². The standard InChI is InChI=1S/C16H25NO2/c1-3-4-5-6-14-8-10-15(11-9-14)17-13(2)7-12-16(18)19/h8-11,13,17H,3-7,12H2,1-2H3,(H,18,19). The number of carboxylic acids is 1. The molecule has 0 fully saturated rings. The van der Waals surface area contributed by atoms with Gasteiger partial charge in [0.2, 0.25) is 0 Å². The van der Waals surface area contributed by atoms with Gasteiger partial charge in [-0.15, -0.1) is 0 Å². The molecule has 0 radical (unpaired) electrons. The molecule has 1 aromatic rings. The van der Waals surface area contributed by atoms with Gasteiger partial charge in [-0.25, -0.2) is 0 Å². The second-order valence-corrected chi connectivity index (χ2v) is 5.13. The molecule has 1 atom stereocenters. The van der Waals surface area contributed by atoms with Crippen molar-refractivity contribution in [3.05, 3.63) is 29.8 Å². The van der Waals surface area contributed by atoms with Crippen molar-refractivity contribution in [3.8, 4) is 0 Å². The summed E-state index contributed by atoms with van der Waals surface area (Å²) < 4.78 is 0. The molecule has 1 unspecified atom stereocenters. The van der Waals surface area contributed by atoms with Crippen LogP contribution in [0.3, 0.4) is 0 Å². The molecule has 2 N–H and O–H groups in total. The van der Waals surface area contributed by atoms with Crippen LogP contribution in [0.15, 0.2) is 24.3 Å². The molecule has 0 aromatic heterocycles. The Hall–Kier alpha value is -1.51. The molecular formula is C16H25NO2. The molecular weight excluding hydrogens is 238 g/mol. The fourth-order valence-corrected chi connectivity index (χ4v) is 2.04. The lowest BCUT2D eigenvalue weighted by molar-refractivity contribution is -0.137. The van der Waals surface area contributed by atoms with E-state index in [0.29, 0.717) is 6.42 Å². The highest BCUT2D eigenvalue weighted by Crippen LogP contribution is 2.14. The number of aliphatic carboxylic acids is 1. The predicted molar refractivity (Wildman–Crippen MR) is 79.6 cm³/mol. The summed E-state index contributed by atoms with van der Waals surface area (Å²) in [6, 6.07) is 8.66. The van der Waals surface area contributed by atoms with Crippen molar-refractivity contribution >= 4 is 11.7 Å². The molecule has 0 spiro atoms. The summed E-state index contributed by atoms with van der Waals surface area (Å²) in [5.41, 5.74) is 2.44. The summed E-state index contributed by atoms with van der Waals surface area (Å²) in [6.45, 7) is 4.23. The van der Waals surface area contributed by atoms with Gasteiger partial charge in [0.05, 0.1) is 0 Å². The van der Waals surface area contributed by atoms with Crippen LogP contribution in [0.2, 0.25) is 0 Å². The minimum atomic E-state index is -0.736. The van der Waals surface area contributed by atoms with Crippen LogP contribution in [-0.4, -0.2) is 17.1 Å². The number of hydrogen-bond acceptors (Lipinski definition) is 2. The molecule has 0 amide bonds. The molecule has 106 valence electrons. The Morgan fingerprint density at radius 1 is 1.26 bits per heavy atom. The maximum Gasteiger partial charge on any atom is 0.303 e. The summed E-state index contributed by atoms with van der Waals surface area (Å²) in [5, 5.41) is 12.0. The van der Waals surface area contributed by atoms with Crippen LogP contribution < -0.4 is 5.32 Å². The van der Waals surface area contributed by atoms with Gasteiger partial charge in [0, 0.05) is 18.2 Å². The highest BCUT2D eigenvalue weighted by molar-refractivity contribution is 5.66. The van der Waals surface area contributed by atoms with Crippen LogP contribution in [0, 0.1) is 0 Å². The van der Waals surface area contributed by atoms with E-state index in [9.17, 15) is 4.79 Å². The van der Waals surface area contributed by atoms with E-state index in [2.05, 4.69) is 36.5 Å². The van der Waals surface area contributed by atoms with Gasteiger partial charge in [-0.3, -0.25) is 4.79 Å². The molecule has 1 aromatic carbocycles. The van der Waals surface area contributed by atoms with Crippen molar-refractivity contribution in [2.45, 2.75) is 58.4 Å². The smallest absolute Gasteiger partial charge is 0.303 e. The van der Waals surface area contributed by atoms with Gasteiger partial charge >= 0.3 is 5.97 Å². The van der Waals surface area contributed by atoms with Crippen LogP contribution in [0.25, 0.3) is 0 Å². The zero-order valence-electron chi connectivity index (χ0n) is 12.0. The molecule has 0 saturated carbocycles. The maximum absolute atomic E-state index is 10.5. The molecule has 0 aliphatic heterocycles. The lowest BCUT2D eigenvalue weighted by atomic mass is 10.1. The second-order valence-electron chi connectivity index (χ2n) is 5.13. The minimum absolute atomic E-state index is 0.182. The summed E-state index contributed by atoms with van der Waals surface area (Å²) >= 11 is 0. The van der Waals surface area contributed by atoms with Gasteiger partial charge in [-0.05, 0) is 43.9 Å². The fraction of sp³-hybridized carbons (Fsp3) is 0.562. The lowest BCUT2D eigenvalue weighted by Gasteiger charge is -2.14. The van der Waals surface area contributed by atoms with Crippen molar-refractivity contribution in [3.63, 3.8) is 0 Å². The normalized spacial score (nSPS) is 12.1.